The fourth-order valence-electron chi connectivity index (χ4n) is 2.72. The van der Waals surface area contributed by atoms with Gasteiger partial charge in [-0.15, -0.1) is 0 Å². The summed E-state index contributed by atoms with van der Waals surface area (Å²) in [5, 5.41) is 8.12. The molecule has 1 unspecified atom stereocenters. The van der Waals surface area contributed by atoms with Gasteiger partial charge in [0.05, 0.1) is 0 Å². The molecule has 3 heteroatoms. The van der Waals surface area contributed by atoms with Crippen molar-refractivity contribution in [2.75, 3.05) is 19.6 Å². The lowest BCUT2D eigenvalue weighted by Gasteiger charge is -2.35. The van der Waals surface area contributed by atoms with Crippen molar-refractivity contribution in [3.63, 3.8) is 0 Å². The average Bonchev–Trinajstić information content (AvgIpc) is 3.17. The maximum Gasteiger partial charge on any atom is 0.0245 e. The molecule has 1 aliphatic carbocycles. The monoisotopic (exact) mass is 294 g/mol. The first kappa shape index (κ1) is 16.0. The van der Waals surface area contributed by atoms with E-state index in [9.17, 15) is 0 Å². The Kier molecular flexibility index (Phi) is 6.06. The summed E-state index contributed by atoms with van der Waals surface area (Å²) in [5.74, 6) is 0. The van der Waals surface area contributed by atoms with Crippen LogP contribution in [0.3, 0.4) is 0 Å². The Morgan fingerprint density at radius 1 is 1.40 bits per heavy atom. The van der Waals surface area contributed by atoms with Gasteiger partial charge in [-0.3, -0.25) is 4.90 Å². The molecule has 2 rings (SSSR count). The van der Waals surface area contributed by atoms with Crippen molar-refractivity contribution in [1.29, 1.82) is 0 Å². The zero-order valence-electron chi connectivity index (χ0n) is 13.3. The number of thiophene rings is 1. The molecule has 2 nitrogen and oxygen atoms in total. The molecular weight excluding hydrogens is 264 g/mol. The van der Waals surface area contributed by atoms with Crippen molar-refractivity contribution < 1.29 is 0 Å². The molecule has 1 atom stereocenters. The van der Waals surface area contributed by atoms with E-state index in [4.69, 9.17) is 0 Å². The van der Waals surface area contributed by atoms with Gasteiger partial charge in [0.15, 0.2) is 0 Å². The number of nitrogens with zero attached hydrogens (tertiary/aromatic N) is 1. The van der Waals surface area contributed by atoms with Crippen molar-refractivity contribution in [2.45, 2.75) is 59.0 Å². The summed E-state index contributed by atoms with van der Waals surface area (Å²) < 4.78 is 0. The molecule has 0 aromatic carbocycles. The fourth-order valence-corrected chi connectivity index (χ4v) is 3.38. The van der Waals surface area contributed by atoms with E-state index in [0.717, 1.165) is 25.7 Å². The van der Waals surface area contributed by atoms with Crippen LogP contribution in [0, 0.1) is 5.41 Å². The van der Waals surface area contributed by atoms with Crippen LogP contribution >= 0.6 is 11.3 Å². The first-order chi connectivity index (χ1) is 9.67. The molecule has 0 spiro atoms. The summed E-state index contributed by atoms with van der Waals surface area (Å²) >= 11 is 1.82. The second kappa shape index (κ2) is 7.58. The molecule has 1 heterocycles. The van der Waals surface area contributed by atoms with Crippen LogP contribution in [0.1, 0.15) is 52.0 Å². The summed E-state index contributed by atoms with van der Waals surface area (Å²) in [6.07, 6.45) is 5.26. The Balaban J connectivity index is 1.91. The van der Waals surface area contributed by atoms with E-state index in [-0.39, 0.29) is 0 Å². The number of nitrogens with one attached hydrogen (secondary N) is 1. The van der Waals surface area contributed by atoms with Crippen LogP contribution in [0.15, 0.2) is 16.8 Å². The van der Waals surface area contributed by atoms with E-state index >= 15 is 0 Å². The molecule has 1 aromatic heterocycles. The van der Waals surface area contributed by atoms with Gasteiger partial charge in [0.1, 0.15) is 0 Å². The molecule has 1 fully saturated rings. The minimum Gasteiger partial charge on any atom is -0.316 e. The summed E-state index contributed by atoms with van der Waals surface area (Å²) in [5.41, 5.74) is 1.88. The molecule has 20 heavy (non-hydrogen) atoms. The van der Waals surface area contributed by atoms with Gasteiger partial charge >= 0.3 is 0 Å². The lowest BCUT2D eigenvalue weighted by atomic mass is 9.86. The molecular formula is C17H30N2S. The van der Waals surface area contributed by atoms with Crippen LogP contribution in [-0.4, -0.2) is 30.6 Å². The Morgan fingerprint density at radius 3 is 2.75 bits per heavy atom. The zero-order chi connectivity index (χ0) is 14.4. The van der Waals surface area contributed by atoms with E-state index in [1.54, 1.807) is 0 Å². The second-order valence-corrected chi connectivity index (χ2v) is 7.39. The molecule has 1 aromatic rings. The van der Waals surface area contributed by atoms with Crippen LogP contribution in [0.4, 0.5) is 0 Å². The Morgan fingerprint density at radius 2 is 2.20 bits per heavy atom. The van der Waals surface area contributed by atoms with Crippen molar-refractivity contribution in [3.05, 3.63) is 22.4 Å². The van der Waals surface area contributed by atoms with Gasteiger partial charge in [-0.1, -0.05) is 20.8 Å². The van der Waals surface area contributed by atoms with E-state index in [2.05, 4.69) is 47.8 Å². The third-order valence-corrected chi connectivity index (χ3v) is 5.18. The molecule has 0 saturated heterocycles. The fraction of sp³-hybridized carbons (Fsp3) is 0.765. The summed E-state index contributed by atoms with van der Waals surface area (Å²) in [7, 11) is 0. The molecule has 1 saturated carbocycles. The van der Waals surface area contributed by atoms with Gasteiger partial charge in [0.25, 0.3) is 0 Å². The summed E-state index contributed by atoms with van der Waals surface area (Å²) in [4.78, 5) is 2.72. The Labute approximate surface area is 128 Å². The van der Waals surface area contributed by atoms with Gasteiger partial charge in [-0.25, -0.2) is 0 Å². The van der Waals surface area contributed by atoms with E-state index in [1.807, 2.05) is 11.3 Å². The standard InChI is InChI=1S/C17H30N2S/c1-4-9-18-13-17(3,5-2)14-19(16-6-7-16)11-15-8-10-20-12-15/h8,10,12,16,18H,4-7,9,11,13-14H2,1-3H3. The number of rotatable bonds is 10. The van der Waals surface area contributed by atoms with Crippen LogP contribution in [0.25, 0.3) is 0 Å². The predicted molar refractivity (Wildman–Crippen MR) is 89.3 cm³/mol. The maximum absolute atomic E-state index is 3.63. The van der Waals surface area contributed by atoms with Crippen LogP contribution in [0.5, 0.6) is 0 Å². The predicted octanol–water partition coefficient (Wildman–Crippen LogP) is 4.13. The average molecular weight is 295 g/mol. The molecule has 114 valence electrons. The zero-order valence-corrected chi connectivity index (χ0v) is 14.1. The molecule has 0 amide bonds. The highest BCUT2D eigenvalue weighted by molar-refractivity contribution is 7.07. The maximum atomic E-state index is 3.63. The highest BCUT2D eigenvalue weighted by Gasteiger charge is 2.34. The first-order valence-electron chi connectivity index (χ1n) is 8.12. The van der Waals surface area contributed by atoms with Crippen LogP contribution < -0.4 is 5.32 Å². The minimum atomic E-state index is 0.397. The topological polar surface area (TPSA) is 15.3 Å². The molecule has 1 N–H and O–H groups in total. The Hall–Kier alpha value is -0.380. The third kappa shape index (κ3) is 4.87. The lowest BCUT2D eigenvalue weighted by molar-refractivity contribution is 0.142. The molecule has 0 bridgehead atoms. The number of hydrogen-bond acceptors (Lipinski definition) is 3. The Bertz CT molecular complexity index is 372. The van der Waals surface area contributed by atoms with Gasteiger partial charge < -0.3 is 5.32 Å². The third-order valence-electron chi connectivity index (χ3n) is 4.45. The molecule has 0 aliphatic heterocycles. The van der Waals surface area contributed by atoms with E-state index < -0.39 is 0 Å². The summed E-state index contributed by atoms with van der Waals surface area (Å²) in [6, 6.07) is 3.12. The SMILES string of the molecule is CCCNCC(C)(CC)CN(Cc1ccsc1)C1CC1. The van der Waals surface area contributed by atoms with Crippen molar-refractivity contribution in [2.24, 2.45) is 5.41 Å². The number of hydrogen-bond donors (Lipinski definition) is 1. The minimum absolute atomic E-state index is 0.397. The molecule has 1 aliphatic rings. The van der Waals surface area contributed by atoms with Crippen LogP contribution in [-0.2, 0) is 6.54 Å². The largest absolute Gasteiger partial charge is 0.316 e. The van der Waals surface area contributed by atoms with E-state index in [0.29, 0.717) is 5.41 Å². The van der Waals surface area contributed by atoms with Gasteiger partial charge in [-0.2, -0.15) is 11.3 Å². The van der Waals surface area contributed by atoms with Gasteiger partial charge in [0.2, 0.25) is 0 Å². The van der Waals surface area contributed by atoms with Crippen LogP contribution in [0.2, 0.25) is 0 Å². The smallest absolute Gasteiger partial charge is 0.0245 e. The van der Waals surface area contributed by atoms with Crippen molar-refractivity contribution in [3.8, 4) is 0 Å². The second-order valence-electron chi connectivity index (χ2n) is 6.61. The van der Waals surface area contributed by atoms with Crippen molar-refractivity contribution in [1.82, 2.24) is 10.2 Å². The lowest BCUT2D eigenvalue weighted by Crippen LogP contribution is -2.42. The highest BCUT2D eigenvalue weighted by Crippen LogP contribution is 2.33. The van der Waals surface area contributed by atoms with Crippen molar-refractivity contribution >= 4 is 11.3 Å². The normalized spacial score (nSPS) is 18.4. The summed E-state index contributed by atoms with van der Waals surface area (Å²) in [6.45, 7) is 11.7. The highest BCUT2D eigenvalue weighted by atomic mass is 32.1. The van der Waals surface area contributed by atoms with Gasteiger partial charge in [0, 0.05) is 25.7 Å². The first-order valence-corrected chi connectivity index (χ1v) is 9.07. The van der Waals surface area contributed by atoms with Gasteiger partial charge in [-0.05, 0) is 60.0 Å². The van der Waals surface area contributed by atoms with E-state index in [1.165, 1.54) is 37.8 Å². The molecule has 0 radical (unpaired) electrons. The quantitative estimate of drug-likeness (QED) is 0.653.